The number of hydrogen-bond acceptors (Lipinski definition) is 2. The lowest BCUT2D eigenvalue weighted by Gasteiger charge is -1.99. The normalized spacial score (nSPS) is 10.9. The maximum absolute atomic E-state index is 11.2. The van der Waals surface area contributed by atoms with Gasteiger partial charge in [0.15, 0.2) is 0 Å². The van der Waals surface area contributed by atoms with Gasteiger partial charge in [0.1, 0.15) is 0 Å². The van der Waals surface area contributed by atoms with Gasteiger partial charge >= 0.3 is 5.97 Å². The van der Waals surface area contributed by atoms with Crippen LogP contribution in [0, 0.1) is 6.92 Å². The van der Waals surface area contributed by atoms with E-state index in [9.17, 15) is 4.79 Å². The SMILES string of the molecule is Cc1c(C(=O)O)c2cc(CO)ccc2n1C. The molecule has 4 nitrogen and oxygen atoms in total. The van der Waals surface area contributed by atoms with E-state index in [0.717, 1.165) is 16.8 Å². The number of benzene rings is 1. The number of aliphatic hydroxyl groups excluding tert-OH is 1. The molecule has 1 aromatic carbocycles. The fraction of sp³-hybridized carbons (Fsp3) is 0.250. The van der Waals surface area contributed by atoms with Gasteiger partial charge in [-0.25, -0.2) is 4.79 Å². The Morgan fingerprint density at radius 1 is 1.44 bits per heavy atom. The molecule has 0 saturated heterocycles. The van der Waals surface area contributed by atoms with E-state index >= 15 is 0 Å². The summed E-state index contributed by atoms with van der Waals surface area (Å²) in [5.74, 6) is -0.932. The summed E-state index contributed by atoms with van der Waals surface area (Å²) in [5.41, 5.74) is 2.62. The van der Waals surface area contributed by atoms with E-state index in [2.05, 4.69) is 0 Å². The number of carboxylic acids is 1. The van der Waals surface area contributed by atoms with Gasteiger partial charge in [-0.2, -0.15) is 0 Å². The van der Waals surface area contributed by atoms with Gasteiger partial charge in [-0.1, -0.05) is 6.07 Å². The van der Waals surface area contributed by atoms with Crippen molar-refractivity contribution in [1.29, 1.82) is 0 Å². The zero-order valence-corrected chi connectivity index (χ0v) is 9.19. The summed E-state index contributed by atoms with van der Waals surface area (Å²) in [6.07, 6.45) is 0. The molecule has 0 bridgehead atoms. The Morgan fingerprint density at radius 3 is 2.69 bits per heavy atom. The summed E-state index contributed by atoms with van der Waals surface area (Å²) in [5, 5.41) is 18.9. The Bertz CT molecular complexity index is 569. The van der Waals surface area contributed by atoms with Crippen molar-refractivity contribution in [3.05, 3.63) is 35.0 Å². The van der Waals surface area contributed by atoms with Crippen LogP contribution < -0.4 is 0 Å². The summed E-state index contributed by atoms with van der Waals surface area (Å²) < 4.78 is 1.85. The second-order valence-corrected chi connectivity index (χ2v) is 3.83. The highest BCUT2D eigenvalue weighted by Gasteiger charge is 2.17. The molecule has 0 aliphatic carbocycles. The first-order valence-corrected chi connectivity index (χ1v) is 4.98. The molecule has 0 fully saturated rings. The van der Waals surface area contributed by atoms with Gasteiger partial charge in [0.25, 0.3) is 0 Å². The Morgan fingerprint density at radius 2 is 2.12 bits per heavy atom. The summed E-state index contributed by atoms with van der Waals surface area (Å²) in [4.78, 5) is 11.2. The zero-order valence-electron chi connectivity index (χ0n) is 9.19. The molecule has 84 valence electrons. The number of aliphatic hydroxyl groups is 1. The standard InChI is InChI=1S/C12H13NO3/c1-7-11(12(15)16)9-5-8(6-14)3-4-10(9)13(7)2/h3-5,14H,6H2,1-2H3,(H,15,16). The molecule has 0 saturated carbocycles. The van der Waals surface area contributed by atoms with E-state index < -0.39 is 5.97 Å². The van der Waals surface area contributed by atoms with Gasteiger partial charge in [-0.05, 0) is 24.6 Å². The molecule has 2 aromatic rings. The summed E-state index contributed by atoms with van der Waals surface area (Å²) in [6.45, 7) is 1.70. The van der Waals surface area contributed by atoms with Crippen molar-refractivity contribution in [2.75, 3.05) is 0 Å². The zero-order chi connectivity index (χ0) is 11.9. The fourth-order valence-electron chi connectivity index (χ4n) is 1.99. The van der Waals surface area contributed by atoms with Crippen molar-refractivity contribution in [1.82, 2.24) is 4.57 Å². The number of aromatic nitrogens is 1. The monoisotopic (exact) mass is 219 g/mol. The number of aryl methyl sites for hydroxylation is 1. The van der Waals surface area contributed by atoms with Crippen molar-refractivity contribution < 1.29 is 15.0 Å². The van der Waals surface area contributed by atoms with Crippen LogP contribution in [-0.2, 0) is 13.7 Å². The van der Waals surface area contributed by atoms with Crippen LogP contribution in [0.1, 0.15) is 21.6 Å². The lowest BCUT2D eigenvalue weighted by atomic mass is 10.1. The van der Waals surface area contributed by atoms with E-state index in [1.807, 2.05) is 17.7 Å². The number of rotatable bonds is 2. The topological polar surface area (TPSA) is 62.5 Å². The maximum Gasteiger partial charge on any atom is 0.338 e. The van der Waals surface area contributed by atoms with Gasteiger partial charge in [-0.3, -0.25) is 0 Å². The van der Waals surface area contributed by atoms with Crippen LogP contribution >= 0.6 is 0 Å². The van der Waals surface area contributed by atoms with Gasteiger partial charge in [0.2, 0.25) is 0 Å². The van der Waals surface area contributed by atoms with E-state index in [0.29, 0.717) is 10.9 Å². The Balaban J connectivity index is 2.86. The van der Waals surface area contributed by atoms with Crippen molar-refractivity contribution in [2.45, 2.75) is 13.5 Å². The van der Waals surface area contributed by atoms with E-state index in [4.69, 9.17) is 10.2 Å². The highest BCUT2D eigenvalue weighted by atomic mass is 16.4. The quantitative estimate of drug-likeness (QED) is 0.807. The smallest absolute Gasteiger partial charge is 0.338 e. The molecule has 0 spiro atoms. The molecule has 0 unspecified atom stereocenters. The number of aromatic carboxylic acids is 1. The molecule has 0 radical (unpaired) electrons. The van der Waals surface area contributed by atoms with Crippen LogP contribution in [0.25, 0.3) is 10.9 Å². The predicted octanol–water partition coefficient (Wildman–Crippen LogP) is 1.68. The Hall–Kier alpha value is -1.81. The average Bonchev–Trinajstić information content (AvgIpc) is 2.51. The van der Waals surface area contributed by atoms with Gasteiger partial charge in [0.05, 0.1) is 12.2 Å². The van der Waals surface area contributed by atoms with E-state index in [-0.39, 0.29) is 6.61 Å². The summed E-state index contributed by atoms with van der Waals surface area (Å²) in [7, 11) is 1.84. The van der Waals surface area contributed by atoms with Crippen molar-refractivity contribution in [3.63, 3.8) is 0 Å². The molecular formula is C12H13NO3. The summed E-state index contributed by atoms with van der Waals surface area (Å²) >= 11 is 0. The average molecular weight is 219 g/mol. The maximum atomic E-state index is 11.2. The molecule has 2 rings (SSSR count). The van der Waals surface area contributed by atoms with Crippen LogP contribution in [0.4, 0.5) is 0 Å². The predicted molar refractivity (Wildman–Crippen MR) is 60.5 cm³/mol. The second kappa shape index (κ2) is 3.64. The Kier molecular flexibility index (Phi) is 2.44. The third kappa shape index (κ3) is 1.39. The first-order valence-electron chi connectivity index (χ1n) is 4.98. The van der Waals surface area contributed by atoms with Crippen molar-refractivity contribution in [3.8, 4) is 0 Å². The molecule has 4 heteroatoms. The molecule has 1 heterocycles. The van der Waals surface area contributed by atoms with Crippen molar-refractivity contribution in [2.24, 2.45) is 7.05 Å². The van der Waals surface area contributed by atoms with Crippen LogP contribution in [-0.4, -0.2) is 20.7 Å². The summed E-state index contributed by atoms with van der Waals surface area (Å²) in [6, 6.07) is 5.36. The third-order valence-electron chi connectivity index (χ3n) is 2.95. The molecule has 0 atom stereocenters. The molecular weight excluding hydrogens is 206 g/mol. The van der Waals surface area contributed by atoms with Crippen LogP contribution in [0.15, 0.2) is 18.2 Å². The number of fused-ring (bicyclic) bond motifs is 1. The minimum absolute atomic E-state index is 0.0804. The van der Waals surface area contributed by atoms with Crippen molar-refractivity contribution >= 4 is 16.9 Å². The molecule has 1 aromatic heterocycles. The molecule has 0 aliphatic heterocycles. The van der Waals surface area contributed by atoms with E-state index in [1.54, 1.807) is 19.1 Å². The lowest BCUT2D eigenvalue weighted by molar-refractivity contribution is 0.0698. The minimum Gasteiger partial charge on any atom is -0.478 e. The van der Waals surface area contributed by atoms with Gasteiger partial charge < -0.3 is 14.8 Å². The molecule has 0 amide bonds. The molecule has 16 heavy (non-hydrogen) atoms. The molecule has 2 N–H and O–H groups in total. The third-order valence-corrected chi connectivity index (χ3v) is 2.95. The number of hydrogen-bond donors (Lipinski definition) is 2. The highest BCUT2D eigenvalue weighted by Crippen LogP contribution is 2.26. The van der Waals surface area contributed by atoms with Crippen LogP contribution in [0.3, 0.4) is 0 Å². The fourth-order valence-corrected chi connectivity index (χ4v) is 1.99. The van der Waals surface area contributed by atoms with Crippen LogP contribution in [0.2, 0.25) is 0 Å². The Labute approximate surface area is 92.7 Å². The number of carboxylic acid groups (broad SMARTS) is 1. The minimum atomic E-state index is -0.932. The highest BCUT2D eigenvalue weighted by molar-refractivity contribution is 6.05. The van der Waals surface area contributed by atoms with Gasteiger partial charge in [0, 0.05) is 23.6 Å². The first-order chi connectivity index (χ1) is 7.56. The second-order valence-electron chi connectivity index (χ2n) is 3.83. The van der Waals surface area contributed by atoms with Gasteiger partial charge in [-0.15, -0.1) is 0 Å². The van der Waals surface area contributed by atoms with Crippen LogP contribution in [0.5, 0.6) is 0 Å². The lowest BCUT2D eigenvalue weighted by Crippen LogP contribution is -1.99. The van der Waals surface area contributed by atoms with E-state index in [1.165, 1.54) is 0 Å². The first kappa shape index (κ1) is 10.7. The number of carbonyl (C=O) groups is 1. The largest absolute Gasteiger partial charge is 0.478 e. The molecule has 0 aliphatic rings. The number of nitrogens with zero attached hydrogens (tertiary/aromatic N) is 1.